The molecule has 1 atom stereocenters. The van der Waals surface area contributed by atoms with Crippen LogP contribution in [0.5, 0.6) is 5.75 Å². The largest absolute Gasteiger partial charge is 0.492 e. The molecule has 1 saturated heterocycles. The van der Waals surface area contributed by atoms with Crippen LogP contribution in [0.1, 0.15) is 12.8 Å². The maximum atomic E-state index is 13.7. The van der Waals surface area contributed by atoms with Gasteiger partial charge in [-0.05, 0) is 25.0 Å². The van der Waals surface area contributed by atoms with Gasteiger partial charge in [-0.1, -0.05) is 0 Å². The van der Waals surface area contributed by atoms with Crippen LogP contribution in [-0.4, -0.2) is 34.8 Å². The van der Waals surface area contributed by atoms with Gasteiger partial charge in [-0.15, -0.1) is 0 Å². The molecule has 0 amide bonds. The molecule has 0 radical (unpaired) electrons. The van der Waals surface area contributed by atoms with Crippen molar-refractivity contribution in [1.82, 2.24) is 4.72 Å². The quantitative estimate of drug-likeness (QED) is 0.806. The summed E-state index contributed by atoms with van der Waals surface area (Å²) < 4.78 is 50.5. The van der Waals surface area contributed by atoms with E-state index >= 15 is 0 Å². The van der Waals surface area contributed by atoms with Crippen LogP contribution in [0.15, 0.2) is 17.0 Å². The topological polar surface area (TPSA) is 90.7 Å². The minimum Gasteiger partial charge on any atom is -0.492 e. The van der Waals surface area contributed by atoms with E-state index in [0.29, 0.717) is 19.6 Å². The number of anilines is 1. The number of rotatable bonds is 4. The minimum atomic E-state index is -3.84. The summed E-state index contributed by atoms with van der Waals surface area (Å²) >= 11 is 0. The summed E-state index contributed by atoms with van der Waals surface area (Å²) in [5.41, 5.74) is 5.52. The van der Waals surface area contributed by atoms with Crippen LogP contribution in [0.4, 0.5) is 10.1 Å². The molecule has 0 spiro atoms. The molecule has 1 heterocycles. The Bertz CT molecular complexity index is 562. The van der Waals surface area contributed by atoms with Gasteiger partial charge in [-0.25, -0.2) is 17.5 Å². The van der Waals surface area contributed by atoms with E-state index in [1.54, 1.807) is 0 Å². The lowest BCUT2D eigenvalue weighted by Gasteiger charge is -2.23. The van der Waals surface area contributed by atoms with E-state index in [1.165, 1.54) is 13.2 Å². The van der Waals surface area contributed by atoms with E-state index < -0.39 is 15.8 Å². The van der Waals surface area contributed by atoms with Gasteiger partial charge >= 0.3 is 0 Å². The number of ether oxygens (including phenoxy) is 2. The molecule has 3 N–H and O–H groups in total. The molecular weight excluding hydrogens is 287 g/mol. The number of nitrogen functional groups attached to an aromatic ring is 1. The van der Waals surface area contributed by atoms with Crippen LogP contribution in [0.25, 0.3) is 0 Å². The van der Waals surface area contributed by atoms with Crippen LogP contribution < -0.4 is 15.2 Å². The number of nitrogens with two attached hydrogens (primary N) is 1. The first kappa shape index (κ1) is 15.0. The third-order valence-corrected chi connectivity index (χ3v) is 4.54. The van der Waals surface area contributed by atoms with E-state index in [9.17, 15) is 12.8 Å². The molecule has 0 aliphatic carbocycles. The maximum Gasteiger partial charge on any atom is 0.241 e. The van der Waals surface area contributed by atoms with Gasteiger partial charge in [-0.3, -0.25) is 0 Å². The van der Waals surface area contributed by atoms with Crippen molar-refractivity contribution in [2.45, 2.75) is 23.8 Å². The second-order valence-electron chi connectivity index (χ2n) is 4.56. The summed E-state index contributed by atoms with van der Waals surface area (Å²) in [5, 5.41) is 0. The summed E-state index contributed by atoms with van der Waals surface area (Å²) in [5.74, 6) is -0.974. The first-order valence-corrected chi connectivity index (χ1v) is 7.65. The summed E-state index contributed by atoms with van der Waals surface area (Å²) in [4.78, 5) is -0.223. The molecule has 1 unspecified atom stereocenters. The van der Waals surface area contributed by atoms with Crippen LogP contribution >= 0.6 is 0 Å². The van der Waals surface area contributed by atoms with Crippen LogP contribution in [0.3, 0.4) is 0 Å². The summed E-state index contributed by atoms with van der Waals surface area (Å²) in [6, 6.07) is 1.76. The summed E-state index contributed by atoms with van der Waals surface area (Å²) in [7, 11) is -2.57. The van der Waals surface area contributed by atoms with Gasteiger partial charge in [-0.2, -0.15) is 0 Å². The Morgan fingerprint density at radius 1 is 1.50 bits per heavy atom. The highest BCUT2D eigenvalue weighted by molar-refractivity contribution is 7.89. The van der Waals surface area contributed by atoms with Crippen molar-refractivity contribution in [3.63, 3.8) is 0 Å². The molecule has 1 fully saturated rings. The highest BCUT2D eigenvalue weighted by Gasteiger charge is 2.24. The number of hydrogen-bond donors (Lipinski definition) is 2. The Morgan fingerprint density at radius 2 is 2.25 bits per heavy atom. The predicted molar refractivity (Wildman–Crippen MR) is 71.5 cm³/mol. The molecule has 2 rings (SSSR count). The summed E-state index contributed by atoms with van der Waals surface area (Å²) in [6.45, 7) is 0.940. The predicted octanol–water partition coefficient (Wildman–Crippen LogP) is 0.874. The smallest absolute Gasteiger partial charge is 0.241 e. The van der Waals surface area contributed by atoms with Crippen molar-refractivity contribution in [3.8, 4) is 5.75 Å². The van der Waals surface area contributed by atoms with E-state index in [2.05, 4.69) is 4.72 Å². The molecule has 6 nitrogen and oxygen atoms in total. The van der Waals surface area contributed by atoms with Gasteiger partial charge in [0.2, 0.25) is 10.0 Å². The number of sulfonamides is 1. The third-order valence-electron chi connectivity index (χ3n) is 3.04. The minimum absolute atomic E-state index is 0.0623. The molecule has 0 aromatic heterocycles. The number of hydrogen-bond acceptors (Lipinski definition) is 5. The fraction of sp³-hybridized carbons (Fsp3) is 0.500. The van der Waals surface area contributed by atoms with Gasteiger partial charge in [0.1, 0.15) is 0 Å². The van der Waals surface area contributed by atoms with Crippen LogP contribution in [0, 0.1) is 5.82 Å². The van der Waals surface area contributed by atoms with Crippen molar-refractivity contribution in [2.75, 3.05) is 26.1 Å². The number of halogens is 1. The van der Waals surface area contributed by atoms with Crippen molar-refractivity contribution in [1.29, 1.82) is 0 Å². The molecule has 1 aromatic carbocycles. The SMILES string of the molecule is COc1c(N)cc(S(=O)(=O)NC2CCCOC2)cc1F. The average Bonchev–Trinajstić information content (AvgIpc) is 2.39. The van der Waals surface area contributed by atoms with E-state index in [0.717, 1.165) is 12.5 Å². The first-order valence-electron chi connectivity index (χ1n) is 6.17. The molecule has 112 valence electrons. The van der Waals surface area contributed by atoms with E-state index in [-0.39, 0.29) is 22.4 Å². The Hall–Kier alpha value is -1.38. The third kappa shape index (κ3) is 3.20. The zero-order valence-corrected chi connectivity index (χ0v) is 11.9. The molecule has 20 heavy (non-hydrogen) atoms. The Kier molecular flexibility index (Phi) is 4.46. The highest BCUT2D eigenvalue weighted by atomic mass is 32.2. The molecular formula is C12H17FN2O4S. The number of benzene rings is 1. The van der Waals surface area contributed by atoms with Gasteiger partial charge in [0.25, 0.3) is 0 Å². The second-order valence-corrected chi connectivity index (χ2v) is 6.28. The van der Waals surface area contributed by atoms with Gasteiger partial charge in [0.05, 0.1) is 24.3 Å². The lowest BCUT2D eigenvalue weighted by atomic mass is 10.1. The zero-order valence-electron chi connectivity index (χ0n) is 11.1. The van der Waals surface area contributed by atoms with Crippen LogP contribution in [0.2, 0.25) is 0 Å². The fourth-order valence-electron chi connectivity index (χ4n) is 2.08. The second kappa shape index (κ2) is 5.94. The normalized spacial score (nSPS) is 19.8. The van der Waals surface area contributed by atoms with Crippen molar-refractivity contribution < 1.29 is 22.3 Å². The molecule has 1 aliphatic rings. The standard InChI is InChI=1S/C12H17FN2O4S/c1-18-12-10(13)5-9(6-11(12)14)20(16,17)15-8-3-2-4-19-7-8/h5-6,8,15H,2-4,7,14H2,1H3. The van der Waals surface area contributed by atoms with Gasteiger partial charge in [0, 0.05) is 12.6 Å². The lowest BCUT2D eigenvalue weighted by molar-refractivity contribution is 0.0774. The number of methoxy groups -OCH3 is 1. The monoisotopic (exact) mass is 304 g/mol. The first-order chi connectivity index (χ1) is 9.44. The maximum absolute atomic E-state index is 13.7. The Morgan fingerprint density at radius 3 is 2.80 bits per heavy atom. The van der Waals surface area contributed by atoms with Crippen molar-refractivity contribution >= 4 is 15.7 Å². The molecule has 0 bridgehead atoms. The molecule has 8 heteroatoms. The van der Waals surface area contributed by atoms with Gasteiger partial charge < -0.3 is 15.2 Å². The van der Waals surface area contributed by atoms with Crippen molar-refractivity contribution in [3.05, 3.63) is 17.9 Å². The molecule has 1 aliphatic heterocycles. The number of nitrogens with one attached hydrogen (secondary N) is 1. The van der Waals surface area contributed by atoms with Gasteiger partial charge in [0.15, 0.2) is 11.6 Å². The Balaban J connectivity index is 2.25. The average molecular weight is 304 g/mol. The van der Waals surface area contributed by atoms with E-state index in [4.69, 9.17) is 15.2 Å². The molecule has 1 aromatic rings. The zero-order chi connectivity index (χ0) is 14.8. The van der Waals surface area contributed by atoms with Crippen molar-refractivity contribution in [2.24, 2.45) is 0 Å². The molecule has 0 saturated carbocycles. The fourth-order valence-corrected chi connectivity index (χ4v) is 3.38. The Labute approximate surface area is 117 Å². The van der Waals surface area contributed by atoms with Crippen LogP contribution in [-0.2, 0) is 14.8 Å². The summed E-state index contributed by atoms with van der Waals surface area (Å²) in [6.07, 6.45) is 1.47. The highest BCUT2D eigenvalue weighted by Crippen LogP contribution is 2.28. The lowest BCUT2D eigenvalue weighted by Crippen LogP contribution is -2.40. The van der Waals surface area contributed by atoms with E-state index in [1.807, 2.05) is 0 Å².